The van der Waals surface area contributed by atoms with E-state index in [0.717, 1.165) is 33.2 Å². The van der Waals surface area contributed by atoms with Crippen LogP contribution < -0.4 is 0 Å². The summed E-state index contributed by atoms with van der Waals surface area (Å²) >= 11 is -2.71. The zero-order chi connectivity index (χ0) is 14.7. The molecule has 0 saturated carbocycles. The van der Waals surface area contributed by atoms with Gasteiger partial charge in [-0.3, -0.25) is 0 Å². The van der Waals surface area contributed by atoms with Crippen molar-refractivity contribution in [2.45, 2.75) is 24.4 Å². The molecule has 3 rings (SSSR count). The van der Waals surface area contributed by atoms with Gasteiger partial charge in [0.15, 0.2) is 0 Å². The predicted octanol–water partition coefficient (Wildman–Crippen LogP) is 5.04. The Balaban J connectivity index is 2.09. The monoisotopic (exact) mass is 342 g/mol. The van der Waals surface area contributed by atoms with Crippen LogP contribution in [-0.4, -0.2) is 13.9 Å². The molecule has 1 aliphatic rings. The molecule has 0 atom stereocenters. The summed E-state index contributed by atoms with van der Waals surface area (Å²) in [7, 11) is 0. The van der Waals surface area contributed by atoms with Gasteiger partial charge in [-0.25, -0.2) is 0 Å². The van der Waals surface area contributed by atoms with Crippen LogP contribution in [-0.2, 0) is 7.53 Å². The van der Waals surface area contributed by atoms with Gasteiger partial charge >= 0.3 is 129 Å². The first-order valence-electron chi connectivity index (χ1n) is 7.51. The molecule has 2 aromatic carbocycles. The zero-order valence-corrected chi connectivity index (χ0v) is 14.6. The van der Waals surface area contributed by atoms with E-state index in [9.17, 15) is 0 Å². The van der Waals surface area contributed by atoms with Crippen molar-refractivity contribution in [1.82, 2.24) is 0 Å². The van der Waals surface area contributed by atoms with E-state index >= 15 is 0 Å². The van der Waals surface area contributed by atoms with Gasteiger partial charge in [0.05, 0.1) is 0 Å². The van der Waals surface area contributed by atoms with Gasteiger partial charge < -0.3 is 0 Å². The fraction of sp³-hybridized carbons (Fsp3) is 0.222. The van der Waals surface area contributed by atoms with Crippen molar-refractivity contribution in [3.05, 3.63) is 71.8 Å². The van der Waals surface area contributed by atoms with Crippen LogP contribution in [0.3, 0.4) is 0 Å². The van der Waals surface area contributed by atoms with E-state index in [2.05, 4.69) is 38.1 Å². The van der Waals surface area contributed by atoms with Crippen LogP contribution >= 0.6 is 0 Å². The Morgan fingerprint density at radius 2 is 1.05 bits per heavy atom. The summed E-state index contributed by atoms with van der Waals surface area (Å²) in [5, 5.41) is 2.01. The van der Waals surface area contributed by atoms with Gasteiger partial charge in [-0.15, -0.1) is 0 Å². The number of rotatable bonds is 4. The molecule has 0 bridgehead atoms. The van der Waals surface area contributed by atoms with Crippen molar-refractivity contribution < 1.29 is 7.53 Å². The van der Waals surface area contributed by atoms with E-state index in [1.807, 2.05) is 36.4 Å². The van der Waals surface area contributed by atoms with Crippen LogP contribution in [0.15, 0.2) is 60.7 Å². The Hall–Kier alpha value is -1.68. The van der Waals surface area contributed by atoms with E-state index in [1.165, 1.54) is 0 Å². The Labute approximate surface area is 129 Å². The number of hydrogen-bond acceptors (Lipinski definition) is 2. The van der Waals surface area contributed by atoms with Crippen molar-refractivity contribution in [2.24, 2.45) is 0 Å². The van der Waals surface area contributed by atoms with Crippen LogP contribution in [0.5, 0.6) is 0 Å². The molecule has 1 aliphatic heterocycles. The molecule has 0 fully saturated rings. The summed E-state index contributed by atoms with van der Waals surface area (Å²) in [5.41, 5.74) is 2.21. The summed E-state index contributed by atoms with van der Waals surface area (Å²) in [6.45, 7) is 4.36. The molecule has 21 heavy (non-hydrogen) atoms. The van der Waals surface area contributed by atoms with Gasteiger partial charge in [0.25, 0.3) is 0 Å². The third-order valence-corrected chi connectivity index (χ3v) is 10.9. The van der Waals surface area contributed by atoms with Gasteiger partial charge in [0, 0.05) is 0 Å². The van der Waals surface area contributed by atoms with Crippen LogP contribution in [0.1, 0.15) is 25.0 Å². The second kappa shape index (κ2) is 5.98. The van der Waals surface area contributed by atoms with Crippen LogP contribution in [0.2, 0.25) is 10.5 Å². The molecular weight excluding hydrogens is 321 g/mol. The second-order valence-corrected chi connectivity index (χ2v) is 12.9. The molecule has 0 aliphatic carbocycles. The van der Waals surface area contributed by atoms with Crippen molar-refractivity contribution in [3.8, 4) is 0 Å². The molecule has 1 heterocycles. The first kappa shape index (κ1) is 14.3. The molecule has 0 saturated heterocycles. The third kappa shape index (κ3) is 2.73. The molecule has 0 radical (unpaired) electrons. The summed E-state index contributed by atoms with van der Waals surface area (Å²) in [5.74, 6) is 1.84. The minimum atomic E-state index is -2.71. The topological polar surface area (TPSA) is 18.5 Å². The van der Waals surface area contributed by atoms with Crippen molar-refractivity contribution in [1.29, 1.82) is 0 Å². The molecule has 3 heteroatoms. The molecule has 2 nitrogen and oxygen atoms in total. The van der Waals surface area contributed by atoms with Crippen molar-refractivity contribution in [3.63, 3.8) is 0 Å². The Bertz CT molecular complexity index is 577. The Morgan fingerprint density at radius 3 is 1.38 bits per heavy atom. The van der Waals surface area contributed by atoms with E-state index in [0.29, 0.717) is 0 Å². The summed E-state index contributed by atoms with van der Waals surface area (Å²) in [6, 6.07) is 20.6. The van der Waals surface area contributed by atoms with Gasteiger partial charge in [-0.1, -0.05) is 0 Å². The van der Waals surface area contributed by atoms with Crippen LogP contribution in [0, 0.1) is 0 Å². The quantitative estimate of drug-likeness (QED) is 0.726. The third-order valence-electron chi connectivity index (χ3n) is 3.93. The Kier molecular flexibility index (Phi) is 4.06. The van der Waals surface area contributed by atoms with Crippen LogP contribution in [0.4, 0.5) is 0 Å². The fourth-order valence-corrected chi connectivity index (χ4v) is 7.38. The molecule has 2 aromatic rings. The summed E-state index contributed by atoms with van der Waals surface area (Å²) < 4.78 is 12.9. The van der Waals surface area contributed by atoms with Gasteiger partial charge in [0.2, 0.25) is 0 Å². The van der Waals surface area contributed by atoms with E-state index < -0.39 is 13.9 Å². The molecular formula is C18H20GeO2. The molecule has 0 spiro atoms. The molecule has 0 amide bonds. The first-order valence-corrected chi connectivity index (χ1v) is 12.2. The van der Waals surface area contributed by atoms with Gasteiger partial charge in [-0.2, -0.15) is 0 Å². The minimum absolute atomic E-state index is 0.922. The van der Waals surface area contributed by atoms with E-state index in [1.54, 1.807) is 0 Å². The average Bonchev–Trinajstić information content (AvgIpc) is 2.97. The normalized spacial score (nSPS) is 16.5. The maximum absolute atomic E-state index is 6.45. The first-order chi connectivity index (χ1) is 10.3. The maximum atomic E-state index is 6.45. The van der Waals surface area contributed by atoms with Crippen molar-refractivity contribution >= 4 is 25.5 Å². The van der Waals surface area contributed by atoms with Crippen molar-refractivity contribution in [2.75, 3.05) is 0 Å². The zero-order valence-electron chi connectivity index (χ0n) is 12.5. The van der Waals surface area contributed by atoms with Gasteiger partial charge in [0.1, 0.15) is 0 Å². The number of benzene rings is 2. The predicted molar refractivity (Wildman–Crippen MR) is 88.6 cm³/mol. The Morgan fingerprint density at radius 1 is 0.667 bits per heavy atom. The molecule has 0 unspecified atom stereocenters. The van der Waals surface area contributed by atoms with E-state index in [4.69, 9.17) is 7.53 Å². The summed E-state index contributed by atoms with van der Waals surface area (Å²) in [6.07, 6.45) is 0. The van der Waals surface area contributed by atoms with E-state index in [-0.39, 0.29) is 0 Å². The second-order valence-electron chi connectivity index (χ2n) is 5.21. The molecule has 0 N–H and O–H groups in total. The molecule has 0 aromatic heterocycles. The SMILES string of the molecule is C[CH2][Ge]1([CH2]C)[O]C(c2ccccc2)=C(c2ccccc2)[O]1. The standard InChI is InChI=1S/C18H20GeO2/c1-3-19(4-2)20-17(15-11-7-5-8-12-15)18(21-19)16-13-9-6-10-14-16/h5-14H,3-4H2,1-2H3. The number of hydrogen-bond donors (Lipinski definition) is 0. The average molecular weight is 341 g/mol. The molecule has 108 valence electrons. The summed E-state index contributed by atoms with van der Waals surface area (Å²) in [4.78, 5) is 0. The fourth-order valence-electron chi connectivity index (χ4n) is 2.58. The van der Waals surface area contributed by atoms with Gasteiger partial charge in [-0.05, 0) is 0 Å². The van der Waals surface area contributed by atoms with Crippen LogP contribution in [0.25, 0.3) is 11.5 Å².